The molecule has 4 unspecified atom stereocenters. The van der Waals surface area contributed by atoms with E-state index in [1.54, 1.807) is 18.2 Å². The van der Waals surface area contributed by atoms with Crippen molar-refractivity contribution in [1.29, 1.82) is 0 Å². The number of hydrogen-bond acceptors (Lipinski definition) is 5. The number of halogens is 5. The molecule has 0 aromatic heterocycles. The Hall–Kier alpha value is -2.43. The average molecular weight is 628 g/mol. The lowest BCUT2D eigenvalue weighted by molar-refractivity contribution is -0.274. The van der Waals surface area contributed by atoms with E-state index in [9.17, 15) is 22.4 Å². The fourth-order valence-corrected chi connectivity index (χ4v) is 5.99. The van der Waals surface area contributed by atoms with E-state index in [2.05, 4.69) is 39.8 Å². The minimum atomic E-state index is -4.89. The zero-order valence-electron chi connectivity index (χ0n) is 22.6. The smallest absolute Gasteiger partial charge is 0.405 e. The van der Waals surface area contributed by atoms with Crippen LogP contribution in [0.4, 0.5) is 17.6 Å². The highest BCUT2D eigenvalue weighted by atomic mass is 79.9. The molecule has 2 aliphatic carbocycles. The molecule has 3 N–H and O–H groups in total. The monoisotopic (exact) mass is 626 g/mol. The molecule has 0 aliphatic heterocycles. The van der Waals surface area contributed by atoms with Crippen molar-refractivity contribution in [2.45, 2.75) is 71.0 Å². The van der Waals surface area contributed by atoms with Gasteiger partial charge in [-0.15, -0.1) is 13.2 Å². The molecule has 2 aromatic carbocycles. The van der Waals surface area contributed by atoms with E-state index in [-0.39, 0.29) is 64.9 Å². The van der Waals surface area contributed by atoms with E-state index in [1.165, 1.54) is 18.2 Å². The van der Waals surface area contributed by atoms with Crippen LogP contribution in [0.3, 0.4) is 0 Å². The maximum absolute atomic E-state index is 14.5. The second-order valence-corrected chi connectivity index (χ2v) is 11.6. The molecule has 0 spiro atoms. The van der Waals surface area contributed by atoms with E-state index >= 15 is 0 Å². The number of alkyl halides is 3. The van der Waals surface area contributed by atoms with Crippen molar-refractivity contribution >= 4 is 27.4 Å². The van der Waals surface area contributed by atoms with Crippen molar-refractivity contribution < 1.29 is 31.8 Å². The van der Waals surface area contributed by atoms with Gasteiger partial charge in [0.15, 0.2) is 5.78 Å². The van der Waals surface area contributed by atoms with Crippen LogP contribution in [0.1, 0.15) is 57.1 Å². The first-order valence-corrected chi connectivity index (χ1v) is 14.4. The lowest BCUT2D eigenvalue weighted by Crippen LogP contribution is -2.47. The quantitative estimate of drug-likeness (QED) is 0.205. The van der Waals surface area contributed by atoms with E-state index in [1.807, 2.05) is 6.07 Å². The van der Waals surface area contributed by atoms with Gasteiger partial charge < -0.3 is 20.5 Å². The van der Waals surface area contributed by atoms with Gasteiger partial charge in [0, 0.05) is 35.2 Å². The van der Waals surface area contributed by atoms with Gasteiger partial charge in [0.1, 0.15) is 11.6 Å². The van der Waals surface area contributed by atoms with Gasteiger partial charge >= 0.3 is 6.36 Å². The molecule has 2 fully saturated rings. The second-order valence-electron chi connectivity index (χ2n) is 10.7. The Morgan fingerprint density at radius 3 is 2.52 bits per heavy atom. The third-order valence-electron chi connectivity index (χ3n) is 7.84. The maximum atomic E-state index is 14.5. The predicted molar refractivity (Wildman–Crippen MR) is 149 cm³/mol. The molecular weight excluding hydrogens is 592 g/mol. The molecule has 10 heteroatoms. The lowest BCUT2D eigenvalue weighted by atomic mass is 9.75. The fraction of sp³-hybridized carbons (Fsp3) is 0.500. The minimum Gasteiger partial charge on any atom is -0.405 e. The third-order valence-corrected chi connectivity index (χ3v) is 8.45. The Bertz CT molecular complexity index is 1230. The number of Topliss-reactive ketones (excluding diaryl/α,β-unsaturated/α-hetero) is 1. The summed E-state index contributed by atoms with van der Waals surface area (Å²) in [6.07, 6.45) is -1.27. The molecule has 0 heterocycles. The van der Waals surface area contributed by atoms with E-state index in [0.717, 1.165) is 25.7 Å². The summed E-state index contributed by atoms with van der Waals surface area (Å²) in [7, 11) is 0. The number of ether oxygens (including phenoxy) is 2. The number of carbonyl (C=O) groups excluding carboxylic acids is 1. The first-order chi connectivity index (χ1) is 19.0. The Labute approximate surface area is 240 Å². The second kappa shape index (κ2) is 13.0. The van der Waals surface area contributed by atoms with Crippen molar-refractivity contribution in [2.75, 3.05) is 6.61 Å². The zero-order valence-corrected chi connectivity index (χ0v) is 24.2. The van der Waals surface area contributed by atoms with Gasteiger partial charge in [-0.05, 0) is 71.6 Å². The summed E-state index contributed by atoms with van der Waals surface area (Å²) in [5, 5.41) is 3.54. The minimum absolute atomic E-state index is 0.0138. The average Bonchev–Trinajstić information content (AvgIpc) is 3.75. The SMILES string of the molecule is CCC1CC(OCC(C(=O)C2CC2)=C(N)c2ccccc2OC(F)(F)F)CC(C)C1NCc1cccc(Br)c1F. The van der Waals surface area contributed by atoms with Crippen molar-refractivity contribution in [3.63, 3.8) is 0 Å². The molecule has 2 saturated carbocycles. The Kier molecular flexibility index (Phi) is 9.95. The summed E-state index contributed by atoms with van der Waals surface area (Å²) in [6, 6.07) is 11.0. The number of para-hydroxylation sites is 1. The fourth-order valence-electron chi connectivity index (χ4n) is 5.58. The van der Waals surface area contributed by atoms with E-state index in [0.29, 0.717) is 23.0 Å². The van der Waals surface area contributed by atoms with Gasteiger partial charge in [0.05, 0.1) is 22.9 Å². The number of carbonyl (C=O) groups is 1. The van der Waals surface area contributed by atoms with Crippen molar-refractivity contribution in [1.82, 2.24) is 5.32 Å². The molecule has 5 nitrogen and oxygen atoms in total. The van der Waals surface area contributed by atoms with Gasteiger partial charge in [0.25, 0.3) is 0 Å². The summed E-state index contributed by atoms with van der Waals surface area (Å²) in [4.78, 5) is 13.2. The Morgan fingerprint density at radius 2 is 1.85 bits per heavy atom. The highest BCUT2D eigenvalue weighted by molar-refractivity contribution is 9.10. The number of rotatable bonds is 11. The van der Waals surface area contributed by atoms with Crippen LogP contribution < -0.4 is 15.8 Å². The van der Waals surface area contributed by atoms with Crippen LogP contribution >= 0.6 is 15.9 Å². The van der Waals surface area contributed by atoms with Crippen LogP contribution in [0, 0.1) is 23.6 Å². The van der Waals surface area contributed by atoms with Crippen LogP contribution in [-0.2, 0) is 16.1 Å². The predicted octanol–water partition coefficient (Wildman–Crippen LogP) is 7.14. The number of hydrogen-bond donors (Lipinski definition) is 2. The van der Waals surface area contributed by atoms with Gasteiger partial charge in [-0.2, -0.15) is 0 Å². The number of nitrogens with two attached hydrogens (primary N) is 1. The maximum Gasteiger partial charge on any atom is 0.573 e. The van der Waals surface area contributed by atoms with Gasteiger partial charge in [-0.25, -0.2) is 4.39 Å². The molecule has 4 atom stereocenters. The molecule has 4 rings (SSSR count). The van der Waals surface area contributed by atoms with Gasteiger partial charge in [-0.1, -0.05) is 44.5 Å². The molecule has 2 aliphatic rings. The van der Waals surface area contributed by atoms with Crippen molar-refractivity contribution in [3.8, 4) is 5.75 Å². The summed E-state index contributed by atoms with van der Waals surface area (Å²) < 4.78 is 64.4. The van der Waals surface area contributed by atoms with Crippen LogP contribution in [0.25, 0.3) is 5.70 Å². The molecule has 40 heavy (non-hydrogen) atoms. The van der Waals surface area contributed by atoms with Crippen LogP contribution in [0.5, 0.6) is 5.75 Å². The standard InChI is InChI=1S/C30H35BrF4N2O3/c1-3-18-14-21(13-17(2)28(18)37-15-20-7-6-9-24(31)26(20)32)39-16-23(29(38)19-11-12-19)27(36)22-8-4-5-10-25(22)40-30(33,34)35/h4-10,17-19,21,28,37H,3,11-16,36H2,1-2H3. The van der Waals surface area contributed by atoms with E-state index in [4.69, 9.17) is 10.5 Å². The normalized spacial score (nSPS) is 24.0. The first kappa shape index (κ1) is 30.5. The lowest BCUT2D eigenvalue weighted by Gasteiger charge is -2.41. The summed E-state index contributed by atoms with van der Waals surface area (Å²) >= 11 is 3.24. The van der Waals surface area contributed by atoms with Crippen LogP contribution in [0.15, 0.2) is 52.5 Å². The molecular formula is C30H35BrF4N2O3. The topological polar surface area (TPSA) is 73.6 Å². The molecule has 0 radical (unpaired) electrons. The number of nitrogens with one attached hydrogen (secondary N) is 1. The van der Waals surface area contributed by atoms with E-state index < -0.39 is 12.1 Å². The largest absolute Gasteiger partial charge is 0.573 e. The van der Waals surface area contributed by atoms with Crippen LogP contribution in [0.2, 0.25) is 0 Å². The molecule has 0 saturated heterocycles. The van der Waals surface area contributed by atoms with Crippen molar-refractivity contribution in [2.24, 2.45) is 23.5 Å². The third kappa shape index (κ3) is 7.64. The number of benzene rings is 2. The Balaban J connectivity index is 1.47. The molecule has 0 bridgehead atoms. The van der Waals surface area contributed by atoms with Gasteiger partial charge in [0.2, 0.25) is 0 Å². The van der Waals surface area contributed by atoms with Crippen LogP contribution in [-0.4, -0.2) is 30.9 Å². The van der Waals surface area contributed by atoms with Crippen molar-refractivity contribution in [3.05, 3.63) is 69.5 Å². The highest BCUT2D eigenvalue weighted by Gasteiger charge is 2.38. The summed E-state index contributed by atoms with van der Waals surface area (Å²) in [5.74, 6) is -0.634. The zero-order chi connectivity index (χ0) is 29.0. The highest BCUT2D eigenvalue weighted by Crippen LogP contribution is 2.38. The molecule has 218 valence electrons. The first-order valence-electron chi connectivity index (χ1n) is 13.6. The molecule has 0 amide bonds. The van der Waals surface area contributed by atoms with Gasteiger partial charge in [-0.3, -0.25) is 4.79 Å². The Morgan fingerprint density at radius 1 is 1.12 bits per heavy atom. The summed E-state index contributed by atoms with van der Waals surface area (Å²) in [5.41, 5.74) is 7.09. The molecule has 2 aromatic rings. The summed E-state index contributed by atoms with van der Waals surface area (Å²) in [6.45, 7) is 4.54. The number of ketones is 1.